The third-order valence-corrected chi connectivity index (χ3v) is 4.90. The van der Waals surface area contributed by atoms with Gasteiger partial charge in [0.15, 0.2) is 17.5 Å². The van der Waals surface area contributed by atoms with E-state index in [1.54, 1.807) is 21.3 Å². The van der Waals surface area contributed by atoms with Gasteiger partial charge in [-0.15, -0.1) is 0 Å². The molecule has 7 heteroatoms. The summed E-state index contributed by atoms with van der Waals surface area (Å²) in [6, 6.07) is 13.9. The quantitative estimate of drug-likeness (QED) is 0.556. The Morgan fingerprint density at radius 2 is 1.79 bits per heavy atom. The molecule has 2 aromatic rings. The summed E-state index contributed by atoms with van der Waals surface area (Å²) in [4.78, 5) is 18.0. The Hall–Kier alpha value is -3.22. The first-order chi connectivity index (χ1) is 14.1. The van der Waals surface area contributed by atoms with E-state index in [1.165, 1.54) is 0 Å². The Kier molecular flexibility index (Phi) is 6.94. The highest BCUT2D eigenvalue weighted by Crippen LogP contribution is 2.29. The van der Waals surface area contributed by atoms with E-state index in [0.29, 0.717) is 37.0 Å². The Balaban J connectivity index is 1.54. The summed E-state index contributed by atoms with van der Waals surface area (Å²) >= 11 is 0. The van der Waals surface area contributed by atoms with Crippen LogP contribution in [0.1, 0.15) is 24.0 Å². The predicted octanol–water partition coefficient (Wildman–Crippen LogP) is 3.01. The highest BCUT2D eigenvalue weighted by Gasteiger charge is 2.19. The maximum Gasteiger partial charge on any atom is 0.222 e. The van der Waals surface area contributed by atoms with Crippen LogP contribution in [0.4, 0.5) is 5.69 Å². The minimum atomic E-state index is 0.251. The van der Waals surface area contributed by atoms with Crippen molar-refractivity contribution in [3.63, 3.8) is 0 Å². The number of aliphatic imine (C=N–C) groups is 1. The number of amides is 1. The molecule has 0 aromatic heterocycles. The van der Waals surface area contributed by atoms with Gasteiger partial charge in [0.25, 0.3) is 0 Å². The smallest absolute Gasteiger partial charge is 0.222 e. The molecule has 1 fully saturated rings. The molecule has 1 aliphatic rings. The van der Waals surface area contributed by atoms with E-state index < -0.39 is 0 Å². The molecular weight excluding hydrogens is 368 g/mol. The van der Waals surface area contributed by atoms with E-state index in [0.717, 1.165) is 29.8 Å². The molecule has 0 spiro atoms. The van der Waals surface area contributed by atoms with Crippen LogP contribution in [-0.2, 0) is 17.9 Å². The van der Waals surface area contributed by atoms with Crippen LogP contribution < -0.4 is 20.1 Å². The van der Waals surface area contributed by atoms with E-state index >= 15 is 0 Å². The number of nitrogens with zero attached hydrogens (tertiary/aromatic N) is 2. The lowest BCUT2D eigenvalue weighted by Gasteiger charge is -2.16. The largest absolute Gasteiger partial charge is 0.493 e. The standard InChI is InChI=1S/C22H28N4O3/c1-23-22(25-18-10-11-19(28-2)20(13-18)29-3)24-14-16-6-8-17(9-7-16)15-26-12-4-5-21(26)27/h6-11,13H,4-5,12,14-15H2,1-3H3,(H2,23,24,25). The van der Waals surface area contributed by atoms with E-state index in [9.17, 15) is 4.79 Å². The van der Waals surface area contributed by atoms with Crippen molar-refractivity contribution in [1.29, 1.82) is 0 Å². The van der Waals surface area contributed by atoms with Crippen molar-refractivity contribution in [1.82, 2.24) is 10.2 Å². The second-order valence-corrected chi connectivity index (χ2v) is 6.86. The van der Waals surface area contributed by atoms with Crippen molar-refractivity contribution >= 4 is 17.6 Å². The molecular formula is C22H28N4O3. The van der Waals surface area contributed by atoms with Crippen LogP contribution in [-0.4, -0.2) is 44.6 Å². The monoisotopic (exact) mass is 396 g/mol. The first kappa shape index (κ1) is 20.5. The van der Waals surface area contributed by atoms with E-state index in [4.69, 9.17) is 9.47 Å². The lowest BCUT2D eigenvalue weighted by atomic mass is 10.1. The number of likely N-dealkylation sites (tertiary alicyclic amines) is 1. The van der Waals surface area contributed by atoms with Gasteiger partial charge < -0.3 is 25.0 Å². The first-order valence-electron chi connectivity index (χ1n) is 9.68. The molecule has 1 amide bonds. The summed E-state index contributed by atoms with van der Waals surface area (Å²) in [7, 11) is 4.95. The van der Waals surface area contributed by atoms with Crippen molar-refractivity contribution in [3.05, 3.63) is 53.6 Å². The Labute approximate surface area is 171 Å². The van der Waals surface area contributed by atoms with E-state index in [-0.39, 0.29) is 5.91 Å². The number of benzene rings is 2. The fourth-order valence-electron chi connectivity index (χ4n) is 3.27. The number of carbonyl (C=O) groups excluding carboxylic acids is 1. The highest BCUT2D eigenvalue weighted by atomic mass is 16.5. The van der Waals surface area contributed by atoms with Gasteiger partial charge in [0.1, 0.15) is 0 Å². The van der Waals surface area contributed by atoms with Crippen molar-refractivity contribution in [2.45, 2.75) is 25.9 Å². The zero-order valence-corrected chi connectivity index (χ0v) is 17.2. The van der Waals surface area contributed by atoms with Gasteiger partial charge in [-0.3, -0.25) is 9.79 Å². The Morgan fingerprint density at radius 1 is 1.07 bits per heavy atom. The first-order valence-corrected chi connectivity index (χ1v) is 9.68. The predicted molar refractivity (Wildman–Crippen MR) is 114 cm³/mol. The summed E-state index contributed by atoms with van der Waals surface area (Å²) in [5, 5.41) is 6.55. The number of ether oxygens (including phenoxy) is 2. The van der Waals surface area contributed by atoms with Crippen LogP contribution in [0.3, 0.4) is 0 Å². The third-order valence-electron chi connectivity index (χ3n) is 4.90. The lowest BCUT2D eigenvalue weighted by Crippen LogP contribution is -2.30. The molecule has 0 saturated carbocycles. The van der Waals surface area contributed by atoms with Gasteiger partial charge in [0.05, 0.1) is 14.2 Å². The summed E-state index contributed by atoms with van der Waals surface area (Å²) in [6.45, 7) is 2.19. The third kappa shape index (κ3) is 5.40. The number of hydrogen-bond acceptors (Lipinski definition) is 4. The van der Waals surface area contributed by atoms with Gasteiger partial charge in [-0.1, -0.05) is 24.3 Å². The van der Waals surface area contributed by atoms with Crippen molar-refractivity contribution < 1.29 is 14.3 Å². The minimum absolute atomic E-state index is 0.251. The second-order valence-electron chi connectivity index (χ2n) is 6.86. The van der Waals surface area contributed by atoms with Crippen LogP contribution in [0, 0.1) is 0 Å². The fourth-order valence-corrected chi connectivity index (χ4v) is 3.27. The van der Waals surface area contributed by atoms with E-state index in [1.807, 2.05) is 23.1 Å². The maximum atomic E-state index is 11.8. The molecule has 1 heterocycles. The number of guanidine groups is 1. The molecule has 7 nitrogen and oxygen atoms in total. The average molecular weight is 396 g/mol. The number of nitrogens with one attached hydrogen (secondary N) is 2. The normalized spacial score (nSPS) is 14.1. The van der Waals surface area contributed by atoms with Gasteiger partial charge in [-0.2, -0.15) is 0 Å². The molecule has 0 bridgehead atoms. The molecule has 0 aliphatic carbocycles. The van der Waals surface area contributed by atoms with Gasteiger partial charge in [0, 0.05) is 44.9 Å². The van der Waals surface area contributed by atoms with Gasteiger partial charge in [-0.25, -0.2) is 0 Å². The van der Waals surface area contributed by atoms with Crippen molar-refractivity contribution in [2.75, 3.05) is 33.1 Å². The summed E-state index contributed by atoms with van der Waals surface area (Å²) in [6.07, 6.45) is 1.64. The average Bonchev–Trinajstić information content (AvgIpc) is 3.16. The van der Waals surface area contributed by atoms with Crippen LogP contribution in [0.25, 0.3) is 0 Å². The van der Waals surface area contributed by atoms with Crippen LogP contribution in [0.15, 0.2) is 47.5 Å². The molecule has 1 saturated heterocycles. The molecule has 3 rings (SSSR count). The Morgan fingerprint density at radius 3 is 2.41 bits per heavy atom. The number of carbonyl (C=O) groups is 1. The maximum absolute atomic E-state index is 11.8. The van der Waals surface area contributed by atoms with Gasteiger partial charge >= 0.3 is 0 Å². The Bertz CT molecular complexity index is 865. The van der Waals surface area contributed by atoms with Crippen molar-refractivity contribution in [2.24, 2.45) is 4.99 Å². The highest BCUT2D eigenvalue weighted by molar-refractivity contribution is 5.93. The molecule has 0 unspecified atom stereocenters. The molecule has 0 atom stereocenters. The number of rotatable bonds is 7. The molecule has 29 heavy (non-hydrogen) atoms. The second kappa shape index (κ2) is 9.82. The van der Waals surface area contributed by atoms with Crippen LogP contribution in [0.5, 0.6) is 11.5 Å². The molecule has 0 radical (unpaired) electrons. The van der Waals surface area contributed by atoms with Crippen LogP contribution in [0.2, 0.25) is 0 Å². The molecule has 2 aromatic carbocycles. The summed E-state index contributed by atoms with van der Waals surface area (Å²) in [5.41, 5.74) is 3.13. The lowest BCUT2D eigenvalue weighted by molar-refractivity contribution is -0.128. The summed E-state index contributed by atoms with van der Waals surface area (Å²) < 4.78 is 10.6. The number of methoxy groups -OCH3 is 2. The van der Waals surface area contributed by atoms with E-state index in [2.05, 4.69) is 39.9 Å². The zero-order chi connectivity index (χ0) is 20.6. The molecule has 2 N–H and O–H groups in total. The summed E-state index contributed by atoms with van der Waals surface area (Å²) in [5.74, 6) is 2.24. The number of anilines is 1. The van der Waals surface area contributed by atoms with Crippen LogP contribution >= 0.6 is 0 Å². The van der Waals surface area contributed by atoms with Gasteiger partial charge in [0.2, 0.25) is 5.91 Å². The minimum Gasteiger partial charge on any atom is -0.493 e. The molecule has 154 valence electrons. The SMILES string of the molecule is CN=C(NCc1ccc(CN2CCCC2=O)cc1)Nc1ccc(OC)c(OC)c1. The van der Waals surface area contributed by atoms with Gasteiger partial charge in [-0.05, 0) is 29.7 Å². The molecule has 1 aliphatic heterocycles. The number of hydrogen-bond donors (Lipinski definition) is 2. The zero-order valence-electron chi connectivity index (χ0n) is 17.2. The van der Waals surface area contributed by atoms with Crippen molar-refractivity contribution in [3.8, 4) is 11.5 Å². The fraction of sp³-hybridized carbons (Fsp3) is 0.364. The topological polar surface area (TPSA) is 75.2 Å².